The number of nitrogens with two attached hydrogens (primary N) is 1. The summed E-state index contributed by atoms with van der Waals surface area (Å²) in [7, 11) is 0. The number of nitrogens with one attached hydrogen (secondary N) is 2. The lowest BCUT2D eigenvalue weighted by Crippen LogP contribution is -2.50. The molecule has 4 aromatic heterocycles. The van der Waals surface area contributed by atoms with Crippen molar-refractivity contribution in [1.82, 2.24) is 54.9 Å². The number of imide groups is 1. The maximum Gasteiger partial charge on any atom is 0.410 e. The molecular weight excluding hydrogens is 919 g/mol. The normalized spacial score (nSPS) is 21.3. The number of nitrogen functional groups attached to an aromatic ring is 1. The Hall–Kier alpha value is -6.84. The predicted molar refractivity (Wildman–Crippen MR) is 257 cm³/mol. The van der Waals surface area contributed by atoms with Crippen molar-refractivity contribution in [2.45, 2.75) is 96.6 Å². The number of carbonyl (C=O) groups is 4. The highest BCUT2D eigenvalue weighted by Crippen LogP contribution is 2.48. The lowest BCUT2D eigenvalue weighted by atomic mass is 9.71. The van der Waals surface area contributed by atoms with E-state index < -0.39 is 29.7 Å². The summed E-state index contributed by atoms with van der Waals surface area (Å²) in [5.41, 5.74) is 9.32. The van der Waals surface area contributed by atoms with Gasteiger partial charge in [-0.2, -0.15) is 5.10 Å². The minimum Gasteiger partial charge on any atom is -0.439 e. The summed E-state index contributed by atoms with van der Waals surface area (Å²) in [5.74, 6) is -0.452. The Kier molecular flexibility index (Phi) is 13.1. The Balaban J connectivity index is 0.684. The van der Waals surface area contributed by atoms with Gasteiger partial charge in [0.25, 0.3) is 5.91 Å². The number of benzene rings is 1. The maximum absolute atomic E-state index is 15.3. The number of hydrogen-bond donors (Lipinski definition) is 3. The molecule has 8 heterocycles. The number of hydrogen-bond acceptors (Lipinski definition) is 16. The van der Waals surface area contributed by atoms with Crippen molar-refractivity contribution >= 4 is 52.0 Å². The molecule has 376 valence electrons. The predicted octanol–water partition coefficient (Wildman–Crippen LogP) is 5.49. The van der Waals surface area contributed by atoms with Crippen molar-refractivity contribution in [2.75, 3.05) is 81.5 Å². The van der Waals surface area contributed by atoms with Crippen LogP contribution in [0.15, 0.2) is 35.4 Å². The van der Waals surface area contributed by atoms with Crippen LogP contribution in [0.5, 0.6) is 0 Å². The van der Waals surface area contributed by atoms with Gasteiger partial charge < -0.3 is 35.0 Å². The molecule has 0 spiro atoms. The Bertz CT molecular complexity index is 2810. The van der Waals surface area contributed by atoms with Crippen LogP contribution in [0.2, 0.25) is 0 Å². The molecule has 5 aliphatic rings. The smallest absolute Gasteiger partial charge is 0.410 e. The quantitative estimate of drug-likeness (QED) is 0.131. The van der Waals surface area contributed by atoms with Crippen molar-refractivity contribution in [3.63, 3.8) is 0 Å². The lowest BCUT2D eigenvalue weighted by molar-refractivity contribution is -0.136. The van der Waals surface area contributed by atoms with Crippen molar-refractivity contribution in [1.29, 1.82) is 0 Å². The van der Waals surface area contributed by atoms with Gasteiger partial charge in [-0.3, -0.25) is 24.6 Å². The first-order valence-electron chi connectivity index (χ1n) is 24.7. The van der Waals surface area contributed by atoms with Crippen molar-refractivity contribution < 1.29 is 37.2 Å². The molecule has 4 aliphatic heterocycles. The highest BCUT2D eigenvalue weighted by Gasteiger charge is 2.41. The number of aromatic nitrogens is 7. The number of nitrogens with zero attached hydrogens (tertiary/aromatic N) is 11. The van der Waals surface area contributed by atoms with Crippen LogP contribution in [0.25, 0.3) is 33.8 Å². The van der Waals surface area contributed by atoms with E-state index in [4.69, 9.17) is 30.1 Å². The SMILES string of the molecule is CC(C)n1nc(-c2noc(C3CC3)c2-c2ncc(C3CCN(C(=O)OCC(=O)N4CCC(CN5CCN(c6c(F)cc(NC7CCC(=O)NC7=O)cc6F)CC5)CC4)CC3(C)C)cn2)c2c(N)ncnc21. The molecule has 4 amide bonds. The van der Waals surface area contributed by atoms with Gasteiger partial charge in [-0.25, -0.2) is 38.2 Å². The Morgan fingerprint density at radius 2 is 1.62 bits per heavy atom. The van der Waals surface area contributed by atoms with Crippen molar-refractivity contribution in [3.8, 4) is 22.8 Å². The van der Waals surface area contributed by atoms with E-state index in [0.29, 0.717) is 104 Å². The van der Waals surface area contributed by atoms with Crippen LogP contribution in [0, 0.1) is 23.0 Å². The fraction of sp³-hybridized carbons (Fsp3) is 0.551. The largest absolute Gasteiger partial charge is 0.439 e. The van der Waals surface area contributed by atoms with Crippen LogP contribution in [-0.2, 0) is 19.1 Å². The fourth-order valence-corrected chi connectivity index (χ4v) is 10.8. The number of halogens is 2. The Labute approximate surface area is 409 Å². The van der Waals surface area contributed by atoms with E-state index in [2.05, 4.69) is 44.5 Å². The van der Waals surface area contributed by atoms with E-state index in [1.165, 1.54) is 18.5 Å². The van der Waals surface area contributed by atoms with E-state index in [9.17, 15) is 19.2 Å². The molecular formula is C49H60F2N14O6. The monoisotopic (exact) mass is 978 g/mol. The molecule has 20 nitrogen and oxygen atoms in total. The minimum atomic E-state index is -0.746. The number of likely N-dealkylation sites (tertiary alicyclic amines) is 2. The second-order valence-corrected chi connectivity index (χ2v) is 20.6. The molecule has 2 unspecified atom stereocenters. The second kappa shape index (κ2) is 19.4. The molecule has 0 radical (unpaired) electrons. The molecule has 1 aromatic carbocycles. The fourth-order valence-electron chi connectivity index (χ4n) is 10.8. The standard InChI is InChI=1S/C49H60F2N14O6/c1-27(2)65-46-39(44(52)55-26-56-46)40(59-65)41-38(43(71-60-41)29-5-6-29)45-53-21-30(22-54-45)32-11-14-64(25-49(32,3)4)48(69)70-24-37(67)62-12-9-28(10-13-62)23-61-15-17-63(18-16-61)42-33(50)19-31(20-34(42)51)57-35-7-8-36(66)58-47(35)68/h19-22,26-29,32,35,57H,5-18,23-25H2,1-4H3,(H2,52,55,56)(H,58,66,68). The number of anilines is 3. The third-order valence-corrected chi connectivity index (χ3v) is 14.8. The molecule has 22 heteroatoms. The van der Waals surface area contributed by atoms with E-state index in [-0.39, 0.29) is 65.9 Å². The summed E-state index contributed by atoms with van der Waals surface area (Å²) >= 11 is 0. The van der Waals surface area contributed by atoms with Crippen molar-refractivity contribution in [2.24, 2.45) is 11.3 Å². The van der Waals surface area contributed by atoms with Gasteiger partial charge in [-0.1, -0.05) is 19.0 Å². The highest BCUT2D eigenvalue weighted by atomic mass is 19.1. The van der Waals surface area contributed by atoms with Crippen LogP contribution >= 0.6 is 0 Å². The van der Waals surface area contributed by atoms with Gasteiger partial charge in [0.15, 0.2) is 35.5 Å². The van der Waals surface area contributed by atoms with Crippen LogP contribution in [0.3, 0.4) is 0 Å². The maximum atomic E-state index is 15.3. The molecule has 4 N–H and O–H groups in total. The van der Waals surface area contributed by atoms with Crippen LogP contribution in [0.1, 0.15) is 102 Å². The van der Waals surface area contributed by atoms with Gasteiger partial charge in [0, 0.05) is 95.4 Å². The molecule has 71 heavy (non-hydrogen) atoms. The minimum absolute atomic E-state index is 0.00258. The molecule has 10 rings (SSSR count). The number of fused-ring (bicyclic) bond motifs is 1. The summed E-state index contributed by atoms with van der Waals surface area (Å²) in [5, 5.41) is 15.1. The Morgan fingerprint density at radius 1 is 0.915 bits per heavy atom. The van der Waals surface area contributed by atoms with E-state index >= 15 is 8.78 Å². The van der Waals surface area contributed by atoms with E-state index in [0.717, 1.165) is 43.6 Å². The average molecular weight is 979 g/mol. The van der Waals surface area contributed by atoms with Gasteiger partial charge in [0.2, 0.25) is 11.8 Å². The van der Waals surface area contributed by atoms with Gasteiger partial charge >= 0.3 is 6.09 Å². The number of rotatable bonds is 12. The topological polar surface area (TPSA) is 236 Å². The van der Waals surface area contributed by atoms with E-state index in [1.807, 2.05) is 26.2 Å². The number of carbonyl (C=O) groups excluding carboxylic acids is 4. The molecule has 0 bridgehead atoms. The van der Waals surface area contributed by atoms with Gasteiger partial charge in [-0.15, -0.1) is 0 Å². The zero-order chi connectivity index (χ0) is 49.7. The van der Waals surface area contributed by atoms with Crippen LogP contribution < -0.4 is 21.3 Å². The third kappa shape index (κ3) is 9.81. The summed E-state index contributed by atoms with van der Waals surface area (Å²) in [6.07, 6.45) is 9.20. The summed E-state index contributed by atoms with van der Waals surface area (Å²) in [4.78, 5) is 76.2. The van der Waals surface area contributed by atoms with Gasteiger partial charge in [-0.05, 0) is 87.3 Å². The summed E-state index contributed by atoms with van der Waals surface area (Å²) < 4.78 is 43.9. The highest BCUT2D eigenvalue weighted by molar-refractivity contribution is 6.02. The third-order valence-electron chi connectivity index (χ3n) is 14.8. The molecule has 1 aliphatic carbocycles. The summed E-state index contributed by atoms with van der Waals surface area (Å²) in [6.45, 7) is 12.8. The summed E-state index contributed by atoms with van der Waals surface area (Å²) in [6, 6.07) is 1.63. The number of amides is 4. The van der Waals surface area contributed by atoms with Gasteiger partial charge in [0.1, 0.15) is 35.3 Å². The first-order valence-corrected chi connectivity index (χ1v) is 24.7. The zero-order valence-electron chi connectivity index (χ0n) is 40.5. The number of piperazine rings is 1. The lowest BCUT2D eigenvalue weighted by Gasteiger charge is -2.43. The zero-order valence-corrected chi connectivity index (χ0v) is 40.5. The number of ether oxygens (including phenoxy) is 1. The Morgan fingerprint density at radius 3 is 2.28 bits per heavy atom. The molecule has 2 atom stereocenters. The molecule has 5 fully saturated rings. The molecule has 5 aromatic rings. The molecule has 1 saturated carbocycles. The average Bonchev–Trinajstić information content (AvgIpc) is 3.97. The first kappa shape index (κ1) is 47.8. The van der Waals surface area contributed by atoms with E-state index in [1.54, 1.807) is 19.4 Å². The molecule has 4 saturated heterocycles. The van der Waals surface area contributed by atoms with Gasteiger partial charge in [0.05, 0.1) is 10.9 Å². The van der Waals surface area contributed by atoms with Crippen molar-refractivity contribution in [3.05, 3.63) is 53.8 Å². The number of piperidine rings is 3. The second-order valence-electron chi connectivity index (χ2n) is 20.6. The van der Waals surface area contributed by atoms with Crippen LogP contribution in [-0.4, -0.2) is 145 Å². The van der Waals surface area contributed by atoms with Crippen LogP contribution in [0.4, 0.5) is 30.8 Å². The first-order chi connectivity index (χ1) is 34.1.